The number of aromatic nitrogens is 2. The van der Waals surface area contributed by atoms with Gasteiger partial charge in [-0.3, -0.25) is 19.5 Å². The molecule has 0 aliphatic carbocycles. The summed E-state index contributed by atoms with van der Waals surface area (Å²) in [5, 5.41) is 34.2. The number of carbonyl (C=O) groups is 4. The first-order valence-electron chi connectivity index (χ1n) is 13.4. The average molecular weight is 694 g/mol. The van der Waals surface area contributed by atoms with Crippen molar-refractivity contribution in [1.82, 2.24) is 26.1 Å². The first kappa shape index (κ1) is 36.8. The van der Waals surface area contributed by atoms with E-state index in [1.807, 2.05) is 0 Å². The Kier molecular flexibility index (Phi) is 11.7. The van der Waals surface area contributed by atoms with Crippen LogP contribution in [0.1, 0.15) is 33.9 Å². The second-order valence-corrected chi connectivity index (χ2v) is 9.84. The summed E-state index contributed by atoms with van der Waals surface area (Å²) < 4.78 is 90.1. The van der Waals surface area contributed by atoms with Gasteiger partial charge in [-0.15, -0.1) is 0 Å². The van der Waals surface area contributed by atoms with Gasteiger partial charge in [-0.1, -0.05) is 0 Å². The van der Waals surface area contributed by atoms with Gasteiger partial charge in [0, 0.05) is 10.9 Å². The smallest absolute Gasteiger partial charge is 0.490 e. The first-order chi connectivity index (χ1) is 22.4. The Morgan fingerprint density at radius 1 is 1.06 bits per heavy atom. The molecule has 2 heterocycles. The van der Waals surface area contributed by atoms with Crippen LogP contribution in [0.15, 0.2) is 41.5 Å². The van der Waals surface area contributed by atoms with Gasteiger partial charge in [-0.05, 0) is 35.9 Å². The topological polar surface area (TPSA) is 207 Å². The number of aliphatic carboxylic acids is 2. The molecule has 14 nitrogen and oxygen atoms in total. The molecule has 7 N–H and O–H groups in total. The summed E-state index contributed by atoms with van der Waals surface area (Å²) in [6.07, 6.45) is -10.2. The molecule has 1 aliphatic rings. The van der Waals surface area contributed by atoms with Crippen LogP contribution in [0.5, 0.6) is 5.75 Å². The van der Waals surface area contributed by atoms with E-state index in [2.05, 4.69) is 36.5 Å². The first-order valence-corrected chi connectivity index (χ1v) is 13.4. The van der Waals surface area contributed by atoms with E-state index in [-0.39, 0.29) is 30.0 Å². The number of aliphatic imine (C=N–C) groups is 1. The number of hydrogen-bond donors (Lipinski definition) is 7. The minimum atomic E-state index is -5.08. The minimum absolute atomic E-state index is 0.0324. The maximum Gasteiger partial charge on any atom is 0.490 e. The fourth-order valence-electron chi connectivity index (χ4n) is 4.05. The molecule has 0 radical (unpaired) electrons. The number of carboxylic acid groups (broad SMARTS) is 2. The van der Waals surface area contributed by atoms with Crippen molar-refractivity contribution in [3.05, 3.63) is 53.2 Å². The van der Waals surface area contributed by atoms with E-state index in [1.165, 1.54) is 24.4 Å². The summed E-state index contributed by atoms with van der Waals surface area (Å²) in [5.41, 5.74) is -0.208. The van der Waals surface area contributed by atoms with E-state index in [0.29, 0.717) is 22.5 Å². The normalized spacial score (nSPS) is 15.2. The largest absolute Gasteiger partial charge is 0.497 e. The third-order valence-corrected chi connectivity index (χ3v) is 6.27. The van der Waals surface area contributed by atoms with Crippen LogP contribution in [-0.4, -0.2) is 89.2 Å². The van der Waals surface area contributed by atoms with Crippen LogP contribution in [0.25, 0.3) is 10.9 Å². The number of amides is 2. The van der Waals surface area contributed by atoms with E-state index < -0.39 is 66.8 Å². The zero-order chi connectivity index (χ0) is 35.8. The zero-order valence-corrected chi connectivity index (χ0v) is 24.4. The third kappa shape index (κ3) is 10.5. The van der Waals surface area contributed by atoms with Gasteiger partial charge >= 0.3 is 24.3 Å². The van der Waals surface area contributed by atoms with Crippen LogP contribution in [0.4, 0.5) is 36.4 Å². The van der Waals surface area contributed by atoms with Crippen molar-refractivity contribution in [1.29, 1.82) is 0 Å². The van der Waals surface area contributed by atoms with Crippen molar-refractivity contribution in [3.63, 3.8) is 0 Å². The molecule has 0 fully saturated rings. The summed E-state index contributed by atoms with van der Waals surface area (Å²) in [4.78, 5) is 49.9. The summed E-state index contributed by atoms with van der Waals surface area (Å²) >= 11 is 0. The molecular weight excluding hydrogens is 667 g/mol. The predicted molar refractivity (Wildman–Crippen MR) is 152 cm³/mol. The number of ether oxygens (including phenoxy) is 1. The number of halogens is 7. The molecule has 48 heavy (non-hydrogen) atoms. The fraction of sp³-hybridized carbons (Fsp3) is 0.333. The Morgan fingerprint density at radius 2 is 1.75 bits per heavy atom. The van der Waals surface area contributed by atoms with Crippen LogP contribution >= 0.6 is 0 Å². The highest BCUT2D eigenvalue weighted by Gasteiger charge is 2.38. The summed E-state index contributed by atoms with van der Waals surface area (Å²) in [6, 6.07) is 4.27. The van der Waals surface area contributed by atoms with Crippen LogP contribution in [0.2, 0.25) is 0 Å². The SMILES string of the molecule is COc1cc(C(CC(=O)O)NC(=O)CNC(=O)c2cc(NC3=NCC(F)CN3)c3cn[nH]c3c2)cc(C(F)(F)F)c1.O=C(O)C(F)(F)F. The van der Waals surface area contributed by atoms with E-state index in [4.69, 9.17) is 14.6 Å². The Morgan fingerprint density at radius 3 is 2.31 bits per heavy atom. The monoisotopic (exact) mass is 693 g/mol. The summed E-state index contributed by atoms with van der Waals surface area (Å²) in [6.45, 7) is -0.581. The Bertz CT molecular complexity index is 1690. The molecule has 2 amide bonds. The highest BCUT2D eigenvalue weighted by atomic mass is 19.4. The molecule has 4 rings (SSSR count). The van der Waals surface area contributed by atoms with Crippen molar-refractivity contribution in [2.45, 2.75) is 31.0 Å². The average Bonchev–Trinajstić information content (AvgIpc) is 3.49. The van der Waals surface area contributed by atoms with Crippen LogP contribution < -0.4 is 26.0 Å². The summed E-state index contributed by atoms with van der Waals surface area (Å²) in [5.74, 6) is -5.53. The lowest BCUT2D eigenvalue weighted by Crippen LogP contribution is -2.41. The highest BCUT2D eigenvalue weighted by molar-refractivity contribution is 6.07. The predicted octanol–water partition coefficient (Wildman–Crippen LogP) is 2.99. The Hall–Kier alpha value is -5.63. The number of benzene rings is 2. The standard InChI is InChI=1S/C25H25F4N7O5.C2HF3O2/c1-41-16-3-12(2-14(6-16)25(27,28)29)18(7-22(38)39)34-21(37)11-30-23(40)13-4-19(17-10-33-36-20(17)5-13)35-24-31-8-15(26)9-32-24;3-2(4,5)1(6)7/h2-6,10,15,18H,7-9,11H2,1H3,(H,30,40)(H,33,36)(H,34,37)(H,38,39)(H2,31,32,35);(H,6,7). The maximum absolute atomic E-state index is 13.4. The molecule has 0 spiro atoms. The number of H-pyrrole nitrogens is 1. The minimum Gasteiger partial charge on any atom is -0.497 e. The van der Waals surface area contributed by atoms with E-state index in [1.54, 1.807) is 0 Å². The van der Waals surface area contributed by atoms with Gasteiger partial charge in [0.2, 0.25) is 5.91 Å². The molecule has 2 unspecified atom stereocenters. The molecule has 1 aromatic heterocycles. The number of carbonyl (C=O) groups excluding carboxylic acids is 2. The van der Waals surface area contributed by atoms with E-state index in [9.17, 15) is 50.2 Å². The molecule has 0 saturated carbocycles. The molecular formula is C27H26F7N7O7. The number of guanidine groups is 1. The van der Waals surface area contributed by atoms with Crippen molar-refractivity contribution in [3.8, 4) is 5.75 Å². The lowest BCUT2D eigenvalue weighted by molar-refractivity contribution is -0.192. The van der Waals surface area contributed by atoms with E-state index in [0.717, 1.165) is 19.2 Å². The second kappa shape index (κ2) is 15.3. The lowest BCUT2D eigenvalue weighted by Gasteiger charge is -2.20. The molecule has 2 aromatic carbocycles. The maximum atomic E-state index is 13.4. The van der Waals surface area contributed by atoms with Gasteiger partial charge in [-0.25, -0.2) is 14.2 Å². The molecule has 0 saturated heterocycles. The van der Waals surface area contributed by atoms with Crippen molar-refractivity contribution in [2.75, 3.05) is 32.1 Å². The molecule has 2 atom stereocenters. The molecule has 0 bridgehead atoms. The zero-order valence-electron chi connectivity index (χ0n) is 24.4. The van der Waals surface area contributed by atoms with Crippen molar-refractivity contribution in [2.24, 2.45) is 4.99 Å². The Labute approximate surface area is 264 Å². The van der Waals surface area contributed by atoms with Gasteiger partial charge in [0.1, 0.15) is 11.9 Å². The van der Waals surface area contributed by atoms with E-state index >= 15 is 0 Å². The van der Waals surface area contributed by atoms with Crippen LogP contribution in [-0.2, 0) is 20.6 Å². The van der Waals surface area contributed by atoms with Crippen LogP contribution in [0, 0.1) is 0 Å². The molecule has 21 heteroatoms. The number of fused-ring (bicyclic) bond motifs is 1. The van der Waals surface area contributed by atoms with Crippen molar-refractivity contribution >= 4 is 46.3 Å². The number of rotatable bonds is 9. The highest BCUT2D eigenvalue weighted by Crippen LogP contribution is 2.34. The third-order valence-electron chi connectivity index (χ3n) is 6.27. The Balaban J connectivity index is 0.000000804. The summed E-state index contributed by atoms with van der Waals surface area (Å²) in [7, 11) is 1.15. The number of carboxylic acids is 2. The second-order valence-electron chi connectivity index (χ2n) is 9.84. The van der Waals surface area contributed by atoms with Gasteiger partial charge in [-0.2, -0.15) is 31.4 Å². The number of nitrogens with one attached hydrogen (secondary N) is 5. The number of methoxy groups -OCH3 is 1. The lowest BCUT2D eigenvalue weighted by atomic mass is 10.00. The van der Waals surface area contributed by atoms with Crippen LogP contribution in [0.3, 0.4) is 0 Å². The number of alkyl halides is 7. The van der Waals surface area contributed by atoms with Gasteiger partial charge in [0.05, 0.1) is 62.2 Å². The molecule has 1 aliphatic heterocycles. The fourth-order valence-corrected chi connectivity index (χ4v) is 4.05. The van der Waals surface area contributed by atoms with Crippen molar-refractivity contribution < 1.29 is 64.9 Å². The number of aromatic amines is 1. The van der Waals surface area contributed by atoms with Gasteiger partial charge < -0.3 is 36.2 Å². The molecule has 3 aromatic rings. The quantitative estimate of drug-likeness (QED) is 0.163. The number of hydrogen-bond acceptors (Lipinski definition) is 9. The molecule has 260 valence electrons. The van der Waals surface area contributed by atoms with Gasteiger partial charge in [0.25, 0.3) is 5.91 Å². The number of anilines is 1. The number of nitrogens with zero attached hydrogens (tertiary/aromatic N) is 2. The van der Waals surface area contributed by atoms with Gasteiger partial charge in [0.15, 0.2) is 5.96 Å².